The van der Waals surface area contributed by atoms with Crippen molar-refractivity contribution in [3.05, 3.63) is 91.1 Å². The third-order valence-electron chi connectivity index (χ3n) is 5.45. The predicted molar refractivity (Wildman–Crippen MR) is 121 cm³/mol. The smallest absolute Gasteiger partial charge is 0.138 e. The normalized spacial score (nSPS) is 11.4. The number of pyridine rings is 3. The van der Waals surface area contributed by atoms with Crippen molar-refractivity contribution in [2.45, 2.75) is 6.92 Å². The van der Waals surface area contributed by atoms with Crippen LogP contribution in [0.2, 0.25) is 0 Å². The van der Waals surface area contributed by atoms with Crippen molar-refractivity contribution in [1.29, 1.82) is 0 Å². The topological polar surface area (TPSA) is 71.8 Å². The fourth-order valence-corrected chi connectivity index (χ4v) is 3.97. The summed E-state index contributed by atoms with van der Waals surface area (Å²) in [6, 6.07) is 20.5. The minimum Gasteiger partial charge on any atom is -0.299 e. The second-order valence-corrected chi connectivity index (χ2v) is 7.52. The third-order valence-corrected chi connectivity index (χ3v) is 5.45. The van der Waals surface area contributed by atoms with Gasteiger partial charge in [0.1, 0.15) is 11.3 Å². The summed E-state index contributed by atoms with van der Waals surface area (Å²) in [6.45, 7) is 2.00. The van der Waals surface area contributed by atoms with E-state index in [0.29, 0.717) is 0 Å². The lowest BCUT2D eigenvalue weighted by Gasteiger charge is -2.08. The Labute approximate surface area is 178 Å². The Hall–Kier alpha value is -4.32. The fraction of sp³-hybridized carbons (Fsp3) is 0.0400. The van der Waals surface area contributed by atoms with Crippen molar-refractivity contribution in [1.82, 2.24) is 29.5 Å². The highest BCUT2D eigenvalue weighted by molar-refractivity contribution is 5.90. The standard InChI is InChI=1S/C25H18N6/c1-16-5-4-6-22(29-16)24-25(31-10-3-2-7-23(31)30-24)17-8-9-21-18(11-17)12-19(13-26-21)20-14-27-28-15-20/h2-15H,1H3,(H,27,28). The largest absolute Gasteiger partial charge is 0.299 e. The molecule has 1 aromatic carbocycles. The van der Waals surface area contributed by atoms with E-state index in [9.17, 15) is 0 Å². The van der Waals surface area contributed by atoms with E-state index in [1.54, 1.807) is 6.20 Å². The highest BCUT2D eigenvalue weighted by atomic mass is 15.1. The molecule has 31 heavy (non-hydrogen) atoms. The van der Waals surface area contributed by atoms with Crippen LogP contribution in [0.25, 0.3) is 50.3 Å². The molecule has 6 aromatic rings. The molecule has 6 rings (SSSR count). The van der Waals surface area contributed by atoms with Crippen LogP contribution in [0, 0.1) is 6.92 Å². The monoisotopic (exact) mass is 402 g/mol. The quantitative estimate of drug-likeness (QED) is 0.435. The van der Waals surface area contributed by atoms with Gasteiger partial charge in [0.05, 0.1) is 23.1 Å². The van der Waals surface area contributed by atoms with Gasteiger partial charge in [-0.2, -0.15) is 5.10 Å². The van der Waals surface area contributed by atoms with Gasteiger partial charge < -0.3 is 0 Å². The molecule has 0 bridgehead atoms. The minimum atomic E-state index is 0.865. The molecule has 6 nitrogen and oxygen atoms in total. The number of aromatic amines is 1. The van der Waals surface area contributed by atoms with E-state index < -0.39 is 0 Å². The van der Waals surface area contributed by atoms with Gasteiger partial charge in [0.2, 0.25) is 0 Å². The molecule has 0 unspecified atom stereocenters. The van der Waals surface area contributed by atoms with Gasteiger partial charge in [-0.3, -0.25) is 19.5 Å². The number of hydrogen-bond donors (Lipinski definition) is 1. The van der Waals surface area contributed by atoms with Gasteiger partial charge in [-0.05, 0) is 49.4 Å². The van der Waals surface area contributed by atoms with Crippen LogP contribution >= 0.6 is 0 Å². The first-order chi connectivity index (χ1) is 15.3. The number of benzene rings is 1. The number of aryl methyl sites for hydroxylation is 1. The molecule has 0 aliphatic carbocycles. The number of imidazole rings is 1. The van der Waals surface area contributed by atoms with Gasteiger partial charge >= 0.3 is 0 Å². The average molecular weight is 402 g/mol. The molecule has 0 fully saturated rings. The Morgan fingerprint density at radius 2 is 1.77 bits per heavy atom. The molecule has 0 radical (unpaired) electrons. The molecule has 0 saturated carbocycles. The minimum absolute atomic E-state index is 0.865. The fourth-order valence-electron chi connectivity index (χ4n) is 3.97. The first-order valence-corrected chi connectivity index (χ1v) is 10.1. The summed E-state index contributed by atoms with van der Waals surface area (Å²) in [4.78, 5) is 14.3. The predicted octanol–water partition coefficient (Wildman–Crippen LogP) is 5.31. The number of aromatic nitrogens is 6. The first kappa shape index (κ1) is 17.5. The van der Waals surface area contributed by atoms with Crippen molar-refractivity contribution < 1.29 is 0 Å². The molecule has 0 saturated heterocycles. The van der Waals surface area contributed by atoms with Crippen LogP contribution in [-0.4, -0.2) is 29.5 Å². The van der Waals surface area contributed by atoms with Crippen molar-refractivity contribution in [3.8, 4) is 33.8 Å². The molecule has 6 heteroatoms. The second kappa shape index (κ2) is 6.88. The number of nitrogens with one attached hydrogen (secondary N) is 1. The SMILES string of the molecule is Cc1cccc(-c2nc3ccccn3c2-c2ccc3ncc(-c4cn[nH]c4)cc3c2)n1. The summed E-state index contributed by atoms with van der Waals surface area (Å²) in [7, 11) is 0. The van der Waals surface area contributed by atoms with E-state index in [1.807, 2.05) is 61.9 Å². The molecule has 0 spiro atoms. The van der Waals surface area contributed by atoms with E-state index in [2.05, 4.69) is 43.8 Å². The number of nitrogens with zero attached hydrogens (tertiary/aromatic N) is 5. The molecular formula is C25H18N6. The Morgan fingerprint density at radius 3 is 2.65 bits per heavy atom. The Kier molecular flexibility index (Phi) is 3.89. The van der Waals surface area contributed by atoms with Crippen LogP contribution in [0.4, 0.5) is 0 Å². The van der Waals surface area contributed by atoms with Gasteiger partial charge in [0, 0.05) is 46.4 Å². The molecule has 0 aliphatic heterocycles. The molecule has 0 aliphatic rings. The van der Waals surface area contributed by atoms with Crippen LogP contribution < -0.4 is 0 Å². The van der Waals surface area contributed by atoms with E-state index in [4.69, 9.17) is 9.97 Å². The maximum Gasteiger partial charge on any atom is 0.138 e. The molecule has 148 valence electrons. The van der Waals surface area contributed by atoms with Crippen LogP contribution in [0.3, 0.4) is 0 Å². The van der Waals surface area contributed by atoms with E-state index in [1.165, 1.54) is 0 Å². The average Bonchev–Trinajstić information content (AvgIpc) is 3.47. The molecule has 0 atom stereocenters. The van der Waals surface area contributed by atoms with E-state index in [0.717, 1.165) is 56.0 Å². The van der Waals surface area contributed by atoms with Crippen molar-refractivity contribution in [2.75, 3.05) is 0 Å². The maximum atomic E-state index is 4.91. The Balaban J connectivity index is 1.60. The summed E-state index contributed by atoms with van der Waals surface area (Å²) in [5.74, 6) is 0. The molecule has 5 heterocycles. The second-order valence-electron chi connectivity index (χ2n) is 7.52. The molecule has 5 aromatic heterocycles. The number of hydrogen-bond acceptors (Lipinski definition) is 4. The zero-order chi connectivity index (χ0) is 20.8. The van der Waals surface area contributed by atoms with Gasteiger partial charge in [-0.1, -0.05) is 18.2 Å². The van der Waals surface area contributed by atoms with Crippen LogP contribution in [-0.2, 0) is 0 Å². The Morgan fingerprint density at radius 1 is 0.839 bits per heavy atom. The van der Waals surface area contributed by atoms with E-state index in [-0.39, 0.29) is 0 Å². The highest BCUT2D eigenvalue weighted by Crippen LogP contribution is 2.34. The maximum absolute atomic E-state index is 4.91. The number of fused-ring (bicyclic) bond motifs is 2. The number of rotatable bonds is 3. The van der Waals surface area contributed by atoms with Gasteiger partial charge in [0.15, 0.2) is 0 Å². The third kappa shape index (κ3) is 2.97. The van der Waals surface area contributed by atoms with Crippen LogP contribution in [0.1, 0.15) is 5.69 Å². The summed E-state index contributed by atoms with van der Waals surface area (Å²) < 4.78 is 2.12. The van der Waals surface area contributed by atoms with E-state index >= 15 is 0 Å². The van der Waals surface area contributed by atoms with Gasteiger partial charge in [-0.25, -0.2) is 4.98 Å². The van der Waals surface area contributed by atoms with Crippen molar-refractivity contribution in [3.63, 3.8) is 0 Å². The Bertz CT molecular complexity index is 1550. The molecular weight excluding hydrogens is 384 g/mol. The van der Waals surface area contributed by atoms with Crippen molar-refractivity contribution >= 4 is 16.6 Å². The summed E-state index contributed by atoms with van der Waals surface area (Å²) in [5, 5.41) is 7.98. The summed E-state index contributed by atoms with van der Waals surface area (Å²) >= 11 is 0. The van der Waals surface area contributed by atoms with Crippen LogP contribution in [0.5, 0.6) is 0 Å². The highest BCUT2D eigenvalue weighted by Gasteiger charge is 2.17. The number of H-pyrrole nitrogens is 1. The summed E-state index contributed by atoms with van der Waals surface area (Å²) in [6.07, 6.45) is 7.60. The lowest BCUT2D eigenvalue weighted by molar-refractivity contribution is 1.09. The lowest BCUT2D eigenvalue weighted by atomic mass is 10.0. The van der Waals surface area contributed by atoms with Gasteiger partial charge in [0.25, 0.3) is 0 Å². The zero-order valence-electron chi connectivity index (χ0n) is 16.8. The molecule has 1 N–H and O–H groups in total. The molecule has 0 amide bonds. The lowest BCUT2D eigenvalue weighted by Crippen LogP contribution is -1.92. The zero-order valence-corrected chi connectivity index (χ0v) is 16.8. The van der Waals surface area contributed by atoms with Crippen molar-refractivity contribution in [2.24, 2.45) is 0 Å². The van der Waals surface area contributed by atoms with Crippen LogP contribution in [0.15, 0.2) is 85.5 Å². The summed E-state index contributed by atoms with van der Waals surface area (Å²) in [5.41, 5.74) is 8.66. The van der Waals surface area contributed by atoms with Gasteiger partial charge in [-0.15, -0.1) is 0 Å². The first-order valence-electron chi connectivity index (χ1n) is 10.1.